The summed E-state index contributed by atoms with van der Waals surface area (Å²) in [6.45, 7) is 5.21. The molecule has 1 fully saturated rings. The summed E-state index contributed by atoms with van der Waals surface area (Å²) in [5.41, 5.74) is 0.877. The van der Waals surface area contributed by atoms with Crippen LogP contribution >= 0.6 is 11.3 Å². The highest BCUT2D eigenvalue weighted by atomic mass is 32.1. The van der Waals surface area contributed by atoms with Crippen molar-refractivity contribution in [1.82, 2.24) is 15.1 Å². The van der Waals surface area contributed by atoms with Gasteiger partial charge in [-0.05, 0) is 32.3 Å². The number of nitrogens with one attached hydrogen (secondary N) is 1. The predicted octanol–water partition coefficient (Wildman–Crippen LogP) is 2.85. The van der Waals surface area contributed by atoms with E-state index in [1.54, 1.807) is 4.90 Å². The molecule has 1 aromatic heterocycles. The van der Waals surface area contributed by atoms with E-state index < -0.39 is 6.10 Å². The van der Waals surface area contributed by atoms with E-state index in [0.717, 1.165) is 23.4 Å². The van der Waals surface area contributed by atoms with E-state index in [0.29, 0.717) is 18.2 Å². The number of amides is 2. The Kier molecular flexibility index (Phi) is 4.82. The molecule has 128 valence electrons. The van der Waals surface area contributed by atoms with E-state index in [1.807, 2.05) is 18.2 Å². The number of carbonyl (C=O) groups is 1. The molecule has 0 aliphatic carbocycles. The maximum Gasteiger partial charge on any atom is 0.323 e. The molecule has 1 atom stereocenters. The van der Waals surface area contributed by atoms with Gasteiger partial charge in [-0.2, -0.15) is 0 Å². The van der Waals surface area contributed by atoms with E-state index >= 15 is 0 Å². The summed E-state index contributed by atoms with van der Waals surface area (Å²) in [6.07, 6.45) is 1.13. The molecule has 7 heteroatoms. The lowest BCUT2D eigenvalue weighted by Crippen LogP contribution is -2.44. The van der Waals surface area contributed by atoms with Gasteiger partial charge >= 0.3 is 6.03 Å². The van der Waals surface area contributed by atoms with Crippen LogP contribution in [0.5, 0.6) is 0 Å². The van der Waals surface area contributed by atoms with Crippen molar-refractivity contribution in [2.24, 2.45) is 0 Å². The number of likely N-dealkylation sites (tertiary alicyclic amines) is 1. The minimum atomic E-state index is -0.438. The van der Waals surface area contributed by atoms with Crippen molar-refractivity contribution in [1.29, 1.82) is 0 Å². The summed E-state index contributed by atoms with van der Waals surface area (Å²) in [5.74, 6) is 0. The Hall–Kier alpha value is -1.99. The number of urea groups is 1. The van der Waals surface area contributed by atoms with Crippen LogP contribution < -0.4 is 5.32 Å². The second-order valence-electron chi connectivity index (χ2n) is 6.58. The highest BCUT2D eigenvalue weighted by molar-refractivity contribution is 7.15. The molecule has 2 aromatic rings. The summed E-state index contributed by atoms with van der Waals surface area (Å²) >= 11 is 1.38. The third kappa shape index (κ3) is 3.57. The average molecular weight is 346 g/mol. The monoisotopic (exact) mass is 346 g/mol. The normalized spacial score (nSPS) is 18.5. The fourth-order valence-electron chi connectivity index (χ4n) is 2.81. The van der Waals surface area contributed by atoms with Gasteiger partial charge in [0, 0.05) is 18.5 Å². The van der Waals surface area contributed by atoms with Crippen LogP contribution in [-0.2, 0) is 5.41 Å². The molecular weight excluding hydrogens is 324 g/mol. The van der Waals surface area contributed by atoms with Gasteiger partial charge in [0.2, 0.25) is 5.13 Å². The zero-order chi connectivity index (χ0) is 17.2. The first kappa shape index (κ1) is 16.9. The summed E-state index contributed by atoms with van der Waals surface area (Å²) in [4.78, 5) is 13.9. The Morgan fingerprint density at radius 2 is 2.08 bits per heavy atom. The minimum absolute atomic E-state index is 0.228. The molecule has 1 saturated heterocycles. The number of benzene rings is 1. The lowest BCUT2D eigenvalue weighted by atomic mass is 9.85. The Morgan fingerprint density at radius 3 is 2.79 bits per heavy atom. The number of hydrogen-bond acceptors (Lipinski definition) is 5. The summed E-state index contributed by atoms with van der Waals surface area (Å²) in [7, 11) is 0. The van der Waals surface area contributed by atoms with Gasteiger partial charge in [-0.3, -0.25) is 5.32 Å². The smallest absolute Gasteiger partial charge is 0.323 e. The first-order chi connectivity index (χ1) is 11.5. The Bertz CT molecular complexity index is 702. The molecule has 0 radical (unpaired) electrons. The van der Waals surface area contributed by atoms with Crippen LogP contribution in [0.15, 0.2) is 30.3 Å². The molecule has 1 aliphatic rings. The number of carbonyl (C=O) groups excluding carboxylic acids is 1. The topological polar surface area (TPSA) is 78.4 Å². The fraction of sp³-hybridized carbons (Fsp3) is 0.471. The highest BCUT2D eigenvalue weighted by Crippen LogP contribution is 2.34. The fourth-order valence-corrected chi connectivity index (χ4v) is 3.67. The summed E-state index contributed by atoms with van der Waals surface area (Å²) < 4.78 is 0. The molecule has 3 rings (SSSR count). The highest BCUT2D eigenvalue weighted by Gasteiger charge is 2.28. The Labute approximate surface area is 145 Å². The van der Waals surface area contributed by atoms with Crippen molar-refractivity contribution in [3.8, 4) is 0 Å². The maximum absolute atomic E-state index is 12.3. The van der Waals surface area contributed by atoms with Crippen LogP contribution in [0.1, 0.15) is 37.3 Å². The number of hydrogen-bond donors (Lipinski definition) is 2. The van der Waals surface area contributed by atoms with Crippen LogP contribution in [0.4, 0.5) is 9.93 Å². The minimum Gasteiger partial charge on any atom is -0.391 e. The molecule has 24 heavy (non-hydrogen) atoms. The van der Waals surface area contributed by atoms with Gasteiger partial charge in [-0.1, -0.05) is 41.7 Å². The van der Waals surface area contributed by atoms with Crippen LogP contribution in [0.3, 0.4) is 0 Å². The van der Waals surface area contributed by atoms with E-state index in [4.69, 9.17) is 0 Å². The Morgan fingerprint density at radius 1 is 1.33 bits per heavy atom. The molecule has 0 saturated carbocycles. The molecule has 2 amide bonds. The van der Waals surface area contributed by atoms with Crippen molar-refractivity contribution in [2.45, 2.75) is 38.2 Å². The zero-order valence-electron chi connectivity index (χ0n) is 13.9. The number of rotatable bonds is 3. The van der Waals surface area contributed by atoms with E-state index in [-0.39, 0.29) is 11.4 Å². The SMILES string of the molecule is CC(C)(c1ccccc1)c1nnc(NC(=O)N2CCC[C@H](O)C2)s1. The number of aliphatic hydroxyl groups excluding tert-OH is 1. The van der Waals surface area contributed by atoms with E-state index in [1.165, 1.54) is 11.3 Å². The van der Waals surface area contributed by atoms with Crippen molar-refractivity contribution < 1.29 is 9.90 Å². The largest absolute Gasteiger partial charge is 0.391 e. The second kappa shape index (κ2) is 6.86. The molecular formula is C17H22N4O2S. The molecule has 1 aromatic carbocycles. The number of β-amino-alcohol motifs (C(OH)–C–C–N with tert-alkyl or cyclic N) is 1. The van der Waals surface area contributed by atoms with Crippen molar-refractivity contribution in [2.75, 3.05) is 18.4 Å². The van der Waals surface area contributed by atoms with Crippen LogP contribution in [-0.4, -0.2) is 45.4 Å². The lowest BCUT2D eigenvalue weighted by molar-refractivity contribution is 0.0883. The molecule has 6 nitrogen and oxygen atoms in total. The van der Waals surface area contributed by atoms with Gasteiger partial charge in [-0.15, -0.1) is 10.2 Å². The average Bonchev–Trinajstić information content (AvgIpc) is 3.05. The molecule has 0 spiro atoms. The van der Waals surface area contributed by atoms with E-state index in [2.05, 4.69) is 41.5 Å². The van der Waals surface area contributed by atoms with Crippen molar-refractivity contribution >= 4 is 22.5 Å². The van der Waals surface area contributed by atoms with Gasteiger partial charge in [0.25, 0.3) is 0 Å². The maximum atomic E-state index is 12.3. The number of nitrogens with zero attached hydrogens (tertiary/aromatic N) is 3. The third-order valence-corrected chi connectivity index (χ3v) is 5.52. The number of piperidine rings is 1. The van der Waals surface area contributed by atoms with Gasteiger partial charge in [-0.25, -0.2) is 4.79 Å². The quantitative estimate of drug-likeness (QED) is 0.896. The van der Waals surface area contributed by atoms with Crippen LogP contribution in [0, 0.1) is 0 Å². The summed E-state index contributed by atoms with van der Waals surface area (Å²) in [5, 5.41) is 22.2. The first-order valence-electron chi connectivity index (χ1n) is 8.10. The van der Waals surface area contributed by atoms with Gasteiger partial charge in [0.05, 0.1) is 6.10 Å². The van der Waals surface area contributed by atoms with Crippen molar-refractivity contribution in [3.05, 3.63) is 40.9 Å². The number of anilines is 1. The van der Waals surface area contributed by atoms with Crippen molar-refractivity contribution in [3.63, 3.8) is 0 Å². The molecule has 2 heterocycles. The van der Waals surface area contributed by atoms with Gasteiger partial charge in [0.15, 0.2) is 0 Å². The third-order valence-electron chi connectivity index (χ3n) is 4.35. The Balaban J connectivity index is 1.70. The van der Waals surface area contributed by atoms with E-state index in [9.17, 15) is 9.90 Å². The standard InChI is InChI=1S/C17H22N4O2S/c1-17(2,12-7-4-3-5-8-12)14-19-20-15(24-14)18-16(23)21-10-6-9-13(22)11-21/h3-5,7-8,13,22H,6,9-11H2,1-2H3,(H,18,20,23)/t13-/m0/s1. The number of aliphatic hydroxyl groups is 1. The first-order valence-corrected chi connectivity index (χ1v) is 8.92. The molecule has 0 bridgehead atoms. The van der Waals surface area contributed by atoms with Gasteiger partial charge < -0.3 is 10.0 Å². The number of aromatic nitrogens is 2. The zero-order valence-corrected chi connectivity index (χ0v) is 14.7. The van der Waals surface area contributed by atoms with Crippen LogP contribution in [0.25, 0.3) is 0 Å². The molecule has 1 aliphatic heterocycles. The van der Waals surface area contributed by atoms with Gasteiger partial charge in [0.1, 0.15) is 5.01 Å². The predicted molar refractivity (Wildman–Crippen MR) is 94.3 cm³/mol. The molecule has 2 N–H and O–H groups in total. The summed E-state index contributed by atoms with van der Waals surface area (Å²) in [6, 6.07) is 9.89. The second-order valence-corrected chi connectivity index (χ2v) is 7.55. The lowest BCUT2D eigenvalue weighted by Gasteiger charge is -2.29. The van der Waals surface area contributed by atoms with Crippen LogP contribution in [0.2, 0.25) is 0 Å². The molecule has 0 unspecified atom stereocenters.